The molecule has 12 nitrogen and oxygen atoms in total. The molecule has 3 amide bonds. The third-order valence-corrected chi connectivity index (χ3v) is 10.4. The van der Waals surface area contributed by atoms with Gasteiger partial charge in [0.2, 0.25) is 11.8 Å². The van der Waals surface area contributed by atoms with Crippen molar-refractivity contribution >= 4 is 27.7 Å². The van der Waals surface area contributed by atoms with Crippen LogP contribution in [0.1, 0.15) is 84.4 Å². The Labute approximate surface area is 272 Å². The molecule has 46 heavy (non-hydrogen) atoms. The van der Waals surface area contributed by atoms with Crippen LogP contribution in [0.25, 0.3) is 0 Å². The number of hydrogen-bond donors (Lipinski definition) is 5. The van der Waals surface area contributed by atoms with Crippen molar-refractivity contribution in [2.45, 2.75) is 121 Å². The van der Waals surface area contributed by atoms with Crippen LogP contribution in [0.5, 0.6) is 0 Å². The Bertz CT molecular complexity index is 1350. The van der Waals surface area contributed by atoms with Gasteiger partial charge in [-0.3, -0.25) is 9.59 Å². The molecule has 5 N–H and O–H groups in total. The molecule has 1 heterocycles. The van der Waals surface area contributed by atoms with E-state index in [1.54, 1.807) is 34.6 Å². The van der Waals surface area contributed by atoms with Crippen molar-refractivity contribution in [2.24, 2.45) is 5.92 Å². The van der Waals surface area contributed by atoms with Crippen molar-refractivity contribution in [1.29, 1.82) is 0 Å². The highest BCUT2D eigenvalue weighted by Gasteiger charge is 2.34. The number of carbonyl (C=O) groups excluding carboxylic acids is 3. The minimum atomic E-state index is -3.60. The smallest absolute Gasteiger partial charge is 0.408 e. The van der Waals surface area contributed by atoms with Gasteiger partial charge in [0, 0.05) is 24.7 Å². The van der Waals surface area contributed by atoms with Crippen LogP contribution >= 0.6 is 0 Å². The number of H-pyrrole nitrogens is 1. The number of aliphatic hydroxyl groups excluding tert-OH is 1. The number of aromatic amines is 1. The van der Waals surface area contributed by atoms with Gasteiger partial charge in [0.25, 0.3) is 0 Å². The number of benzene rings is 1. The molecule has 0 spiro atoms. The van der Waals surface area contributed by atoms with Crippen LogP contribution in [0.3, 0.4) is 0 Å². The second kappa shape index (κ2) is 16.9. The summed E-state index contributed by atoms with van der Waals surface area (Å²) in [4.78, 5) is 47.4. The SMILES string of the molecule is CC(C)S(=O)(=O)C[C@H](O)[C@H](CC1CCCCC1)NC(=O)[C@H](Cc1cnc[nH]1)NC(=O)[C@H](Cc1ccccc1)NC(=O)OC(C)(C)C. The molecule has 1 aliphatic rings. The van der Waals surface area contributed by atoms with E-state index in [2.05, 4.69) is 25.9 Å². The van der Waals surface area contributed by atoms with Crippen LogP contribution in [0.2, 0.25) is 0 Å². The van der Waals surface area contributed by atoms with E-state index in [0.717, 1.165) is 37.7 Å². The number of aromatic nitrogens is 2. The molecule has 0 saturated heterocycles. The van der Waals surface area contributed by atoms with Crippen molar-refractivity contribution in [3.05, 3.63) is 54.1 Å². The number of nitrogens with zero attached hydrogens (tertiary/aromatic N) is 1. The van der Waals surface area contributed by atoms with Gasteiger partial charge in [0.05, 0.1) is 29.5 Å². The van der Waals surface area contributed by atoms with Crippen molar-refractivity contribution in [2.75, 3.05) is 5.75 Å². The fourth-order valence-electron chi connectivity index (χ4n) is 5.53. The first kappa shape index (κ1) is 37.0. The van der Waals surface area contributed by atoms with Gasteiger partial charge in [-0.1, -0.05) is 62.4 Å². The number of rotatable bonds is 15. The van der Waals surface area contributed by atoms with E-state index in [1.165, 1.54) is 12.5 Å². The first-order valence-electron chi connectivity index (χ1n) is 16.1. The standard InChI is InChI=1S/C33H51N5O7S/c1-22(2)46(43,44)20-29(39)26(16-23-12-8-6-9-13-23)36-31(41)28(18-25-19-34-21-35-25)37-30(40)27(17-24-14-10-7-11-15-24)38-32(42)45-33(3,4)5/h7,10-11,14-15,19,21-23,26-29,39H,6,8-9,12-13,16-18,20H2,1-5H3,(H,34,35)(H,36,41)(H,37,40)(H,38,42)/t26-,27-,28-,29-/m0/s1. The van der Waals surface area contributed by atoms with Crippen molar-refractivity contribution < 1.29 is 32.6 Å². The predicted molar refractivity (Wildman–Crippen MR) is 176 cm³/mol. The summed E-state index contributed by atoms with van der Waals surface area (Å²) < 4.78 is 30.9. The highest BCUT2D eigenvalue weighted by molar-refractivity contribution is 7.92. The minimum absolute atomic E-state index is 0.0403. The number of nitrogens with one attached hydrogen (secondary N) is 4. The Morgan fingerprint density at radius 3 is 2.20 bits per heavy atom. The van der Waals surface area contributed by atoms with E-state index < -0.39 is 68.6 Å². The molecular weight excluding hydrogens is 610 g/mol. The summed E-state index contributed by atoms with van der Waals surface area (Å²) in [5.41, 5.74) is 0.570. The number of carbonyl (C=O) groups is 3. The molecule has 1 saturated carbocycles. The van der Waals surface area contributed by atoms with Crippen LogP contribution in [-0.4, -0.2) is 82.2 Å². The lowest BCUT2D eigenvalue weighted by Crippen LogP contribution is -2.58. The molecule has 4 atom stereocenters. The zero-order valence-corrected chi connectivity index (χ0v) is 28.4. The fourth-order valence-corrected chi connectivity index (χ4v) is 6.62. The van der Waals surface area contributed by atoms with Crippen molar-refractivity contribution in [3.8, 4) is 0 Å². The van der Waals surface area contributed by atoms with Gasteiger partial charge in [0.1, 0.15) is 17.7 Å². The predicted octanol–water partition coefficient (Wildman–Crippen LogP) is 3.21. The topological polar surface area (TPSA) is 180 Å². The van der Waals surface area contributed by atoms with Crippen LogP contribution in [0.4, 0.5) is 4.79 Å². The lowest BCUT2D eigenvalue weighted by molar-refractivity contribution is -0.130. The van der Waals surface area contributed by atoms with E-state index in [-0.39, 0.29) is 18.8 Å². The summed E-state index contributed by atoms with van der Waals surface area (Å²) in [6.07, 6.45) is 6.55. The number of sulfone groups is 1. The Morgan fingerprint density at radius 1 is 0.978 bits per heavy atom. The Hall–Kier alpha value is -3.45. The molecule has 1 fully saturated rings. The number of aliphatic hydroxyl groups is 1. The van der Waals surface area contributed by atoms with Crippen LogP contribution in [0, 0.1) is 5.92 Å². The maximum atomic E-state index is 13.9. The largest absolute Gasteiger partial charge is 0.444 e. The van der Waals surface area contributed by atoms with E-state index in [9.17, 15) is 27.9 Å². The molecule has 0 aliphatic heterocycles. The normalized spacial score (nSPS) is 17.0. The second-order valence-electron chi connectivity index (χ2n) is 13.5. The van der Waals surface area contributed by atoms with E-state index in [0.29, 0.717) is 12.1 Å². The number of alkyl carbamates (subject to hydrolysis) is 1. The Kier molecular flexibility index (Phi) is 13.6. The molecule has 2 aromatic rings. The molecule has 0 unspecified atom stereocenters. The summed E-state index contributed by atoms with van der Waals surface area (Å²) in [6, 6.07) is 6.10. The van der Waals surface area contributed by atoms with Gasteiger partial charge in [-0.15, -0.1) is 0 Å². The molecule has 0 bridgehead atoms. The number of hydrogen-bond acceptors (Lipinski definition) is 8. The molecule has 3 rings (SSSR count). The quantitative estimate of drug-likeness (QED) is 0.193. The molecule has 1 aromatic carbocycles. The molecule has 13 heteroatoms. The first-order valence-corrected chi connectivity index (χ1v) is 17.9. The highest BCUT2D eigenvalue weighted by atomic mass is 32.2. The van der Waals surface area contributed by atoms with Crippen LogP contribution in [0.15, 0.2) is 42.9 Å². The molecule has 1 aromatic heterocycles. The zero-order chi connectivity index (χ0) is 33.9. The lowest BCUT2D eigenvalue weighted by Gasteiger charge is -2.32. The fraction of sp³-hybridized carbons (Fsp3) is 0.636. The van der Waals surface area contributed by atoms with Gasteiger partial charge in [0.15, 0.2) is 9.84 Å². The summed E-state index contributed by atoms with van der Waals surface area (Å²) in [7, 11) is -3.60. The lowest BCUT2D eigenvalue weighted by atomic mass is 9.83. The van der Waals surface area contributed by atoms with Gasteiger partial charge in [-0.25, -0.2) is 18.2 Å². The third kappa shape index (κ3) is 12.4. The van der Waals surface area contributed by atoms with Crippen LogP contribution in [-0.2, 0) is 37.0 Å². The second-order valence-corrected chi connectivity index (χ2v) is 16.1. The number of amides is 3. The summed E-state index contributed by atoms with van der Waals surface area (Å²) in [5.74, 6) is -1.45. The molecular formula is C33H51N5O7S. The first-order chi connectivity index (χ1) is 21.6. The maximum Gasteiger partial charge on any atom is 0.408 e. The van der Waals surface area contributed by atoms with E-state index in [1.807, 2.05) is 30.3 Å². The average molecular weight is 662 g/mol. The van der Waals surface area contributed by atoms with E-state index in [4.69, 9.17) is 4.74 Å². The van der Waals surface area contributed by atoms with Gasteiger partial charge < -0.3 is 30.8 Å². The van der Waals surface area contributed by atoms with Crippen LogP contribution < -0.4 is 16.0 Å². The maximum absolute atomic E-state index is 13.9. The zero-order valence-electron chi connectivity index (χ0n) is 27.6. The summed E-state index contributed by atoms with van der Waals surface area (Å²) >= 11 is 0. The average Bonchev–Trinajstić information content (AvgIpc) is 3.49. The van der Waals surface area contributed by atoms with Gasteiger partial charge >= 0.3 is 6.09 Å². The van der Waals surface area contributed by atoms with E-state index >= 15 is 0 Å². The van der Waals surface area contributed by atoms with Gasteiger partial charge in [-0.05, 0) is 52.5 Å². The Balaban J connectivity index is 1.85. The third-order valence-electron chi connectivity index (χ3n) is 8.13. The molecule has 1 aliphatic carbocycles. The molecule has 0 radical (unpaired) electrons. The number of imidazole rings is 1. The monoisotopic (exact) mass is 661 g/mol. The highest BCUT2D eigenvalue weighted by Crippen LogP contribution is 2.28. The summed E-state index contributed by atoms with van der Waals surface area (Å²) in [5, 5.41) is 18.8. The number of ether oxygens (including phenoxy) is 1. The van der Waals surface area contributed by atoms with Crippen molar-refractivity contribution in [1.82, 2.24) is 25.9 Å². The Morgan fingerprint density at radius 2 is 1.61 bits per heavy atom. The summed E-state index contributed by atoms with van der Waals surface area (Å²) in [6.45, 7) is 8.27. The molecule has 256 valence electrons. The van der Waals surface area contributed by atoms with Gasteiger partial charge in [-0.2, -0.15) is 0 Å². The minimum Gasteiger partial charge on any atom is -0.444 e. The van der Waals surface area contributed by atoms with Crippen molar-refractivity contribution in [3.63, 3.8) is 0 Å².